The largest absolute Gasteiger partial charge is 0.481 e. The Bertz CT molecular complexity index is 1860. The van der Waals surface area contributed by atoms with Crippen molar-refractivity contribution in [3.63, 3.8) is 0 Å². The standard InChI is InChI=1S/C53H90N2O10S/c1-35(64-30-29-63-28-27-62-26-25-61-10)40(55-23-31-66(59,60)32-24-55)34-54-53-18-13-36(49(6)19-20-49)44(53)37-11-12-42-50(7)16-15-43(65-46(58)39-33-38(45(56)57)47(39,2)3)48(4,5)41(50)14-17-52(42,9)51(37,8)21-22-53/h35-44,54H,11-34H2,1-10H3,(H,56,57)/t35-,36-,37-,38+,39-,40-,41+,42?,43+,44?,50+,51-,52-,53+/m1/s1. The topological polar surface area (TPSA) is 150 Å². The van der Waals surface area contributed by atoms with Crippen molar-refractivity contribution in [3.8, 4) is 0 Å². The van der Waals surface area contributed by atoms with Gasteiger partial charge in [0.25, 0.3) is 0 Å². The van der Waals surface area contributed by atoms with E-state index >= 15 is 0 Å². The van der Waals surface area contributed by atoms with E-state index in [1.807, 2.05) is 13.8 Å². The number of esters is 1. The predicted molar refractivity (Wildman–Crippen MR) is 256 cm³/mol. The molecule has 14 atom stereocenters. The smallest absolute Gasteiger partial charge is 0.309 e. The molecule has 0 aromatic rings. The first-order chi connectivity index (χ1) is 31.0. The molecule has 1 aliphatic heterocycles. The number of carboxylic acids is 1. The molecule has 0 aromatic heterocycles. The van der Waals surface area contributed by atoms with Crippen LogP contribution < -0.4 is 5.32 Å². The highest BCUT2D eigenvalue weighted by atomic mass is 32.2. The molecule has 8 fully saturated rings. The molecule has 1 heterocycles. The van der Waals surface area contributed by atoms with Gasteiger partial charge in [-0.05, 0) is 147 Å². The molecule has 2 N–H and O–H groups in total. The van der Waals surface area contributed by atoms with Crippen LogP contribution in [0.3, 0.4) is 0 Å². The minimum Gasteiger partial charge on any atom is -0.481 e. The highest BCUT2D eigenvalue weighted by Crippen LogP contribution is 2.78. The fourth-order valence-corrected chi connectivity index (χ4v) is 18.5. The van der Waals surface area contributed by atoms with Gasteiger partial charge in [-0.1, -0.05) is 55.4 Å². The fourth-order valence-electron chi connectivity index (χ4n) is 17.2. The Morgan fingerprint density at radius 2 is 1.38 bits per heavy atom. The number of sulfone groups is 1. The maximum Gasteiger partial charge on any atom is 0.309 e. The average Bonchev–Trinajstić information content (AvgIpc) is 3.87. The summed E-state index contributed by atoms with van der Waals surface area (Å²) in [5, 5.41) is 14.2. The highest BCUT2D eigenvalue weighted by Gasteiger charge is 2.72. The van der Waals surface area contributed by atoms with Gasteiger partial charge < -0.3 is 34.1 Å². The summed E-state index contributed by atoms with van der Waals surface area (Å²) in [4.78, 5) is 28.0. The molecule has 7 aliphatic carbocycles. The molecule has 7 saturated carbocycles. The van der Waals surface area contributed by atoms with Crippen LogP contribution in [-0.2, 0) is 43.1 Å². The second kappa shape index (κ2) is 18.7. The minimum absolute atomic E-state index is 0.0554. The molecule has 1 saturated heterocycles. The lowest BCUT2D eigenvalue weighted by molar-refractivity contribution is -0.250. The number of carboxylic acid groups (broad SMARTS) is 1. The molecule has 0 radical (unpaired) electrons. The van der Waals surface area contributed by atoms with Crippen molar-refractivity contribution in [3.05, 3.63) is 0 Å². The number of methoxy groups -OCH3 is 1. The number of hydrogen-bond acceptors (Lipinski definition) is 11. The number of carbonyl (C=O) groups is 2. The SMILES string of the molecule is COCCOCCOCCO[C@H](C)[C@@H](CN[C@]12CC[C@@H](C3(C)CC3)C1[C@H]1CCC3[C@@]4(C)CC[C@H](OC(=O)[C@H]5C[C@@H](C(=O)O)C5(C)C)C(C)(C)[C@@H]4CC[C@@]3(C)[C@]1(C)CC2)N1CCS(=O)(=O)CC1. The monoisotopic (exact) mass is 947 g/mol. The second-order valence-corrected chi connectivity index (χ2v) is 27.7. The van der Waals surface area contributed by atoms with E-state index in [1.165, 1.54) is 57.8 Å². The molecule has 378 valence electrons. The summed E-state index contributed by atoms with van der Waals surface area (Å²) in [6.07, 6.45) is 14.5. The van der Waals surface area contributed by atoms with Crippen molar-refractivity contribution in [2.75, 3.05) is 77.9 Å². The first kappa shape index (κ1) is 51.0. The van der Waals surface area contributed by atoms with Gasteiger partial charge in [-0.25, -0.2) is 8.42 Å². The van der Waals surface area contributed by atoms with Gasteiger partial charge in [-0.2, -0.15) is 0 Å². The highest BCUT2D eigenvalue weighted by molar-refractivity contribution is 7.91. The van der Waals surface area contributed by atoms with Crippen molar-refractivity contribution >= 4 is 21.8 Å². The van der Waals surface area contributed by atoms with Crippen LogP contribution in [0.4, 0.5) is 0 Å². The number of carbonyl (C=O) groups excluding carboxylic acids is 1. The zero-order chi connectivity index (χ0) is 47.7. The first-order valence-electron chi connectivity index (χ1n) is 26.4. The summed E-state index contributed by atoms with van der Waals surface area (Å²) < 4.78 is 54.8. The molecule has 8 rings (SSSR count). The van der Waals surface area contributed by atoms with E-state index in [2.05, 4.69) is 58.7 Å². The number of rotatable bonds is 19. The quantitative estimate of drug-likeness (QED) is 0.0953. The number of fused-ring (bicyclic) bond motifs is 7. The Hall–Kier alpha value is -1.35. The Labute approximate surface area is 398 Å². The number of hydrogen-bond donors (Lipinski definition) is 2. The summed E-state index contributed by atoms with van der Waals surface area (Å²) in [5.74, 6) is 1.53. The number of nitrogens with zero attached hydrogens (tertiary/aromatic N) is 1. The van der Waals surface area contributed by atoms with Gasteiger partial charge in [0.05, 0.1) is 69.1 Å². The summed E-state index contributed by atoms with van der Waals surface area (Å²) in [6, 6.07) is 0.0554. The lowest BCUT2D eigenvalue weighted by Crippen LogP contribution is -2.69. The molecule has 13 heteroatoms. The molecule has 0 amide bonds. The van der Waals surface area contributed by atoms with Crippen LogP contribution >= 0.6 is 0 Å². The molecule has 66 heavy (non-hydrogen) atoms. The van der Waals surface area contributed by atoms with Gasteiger partial charge in [-0.3, -0.25) is 14.5 Å². The van der Waals surface area contributed by atoms with Gasteiger partial charge in [0.15, 0.2) is 9.84 Å². The van der Waals surface area contributed by atoms with Crippen LogP contribution in [0.1, 0.15) is 146 Å². The molecular formula is C53H90N2O10S. The molecule has 0 spiro atoms. The Morgan fingerprint density at radius 1 is 0.712 bits per heavy atom. The van der Waals surface area contributed by atoms with E-state index in [1.54, 1.807) is 7.11 Å². The molecule has 2 unspecified atom stereocenters. The van der Waals surface area contributed by atoms with E-state index in [9.17, 15) is 23.1 Å². The number of nitrogens with one attached hydrogen (secondary N) is 1. The summed E-state index contributed by atoms with van der Waals surface area (Å²) in [5.41, 5.74) is 0.270. The summed E-state index contributed by atoms with van der Waals surface area (Å²) >= 11 is 0. The third kappa shape index (κ3) is 8.89. The van der Waals surface area contributed by atoms with E-state index in [0.717, 1.165) is 25.8 Å². The summed E-state index contributed by atoms with van der Waals surface area (Å²) in [6.45, 7) is 26.4. The Balaban J connectivity index is 0.976. The van der Waals surface area contributed by atoms with Crippen molar-refractivity contribution in [1.29, 1.82) is 0 Å². The Kier molecular flexibility index (Phi) is 14.4. The zero-order valence-electron chi connectivity index (χ0n) is 42.7. The molecule has 8 aliphatic rings. The van der Waals surface area contributed by atoms with Crippen LogP contribution in [-0.4, -0.2) is 132 Å². The van der Waals surface area contributed by atoms with E-state index < -0.39 is 27.1 Å². The maximum atomic E-state index is 13.8. The van der Waals surface area contributed by atoms with Gasteiger partial charge in [0.1, 0.15) is 6.10 Å². The third-order valence-corrected chi connectivity index (χ3v) is 23.5. The molecule has 0 bridgehead atoms. The van der Waals surface area contributed by atoms with Crippen LogP contribution in [0, 0.1) is 73.9 Å². The van der Waals surface area contributed by atoms with Crippen LogP contribution in [0.15, 0.2) is 0 Å². The van der Waals surface area contributed by atoms with E-state index in [4.69, 9.17) is 23.7 Å². The fraction of sp³-hybridized carbons (Fsp3) is 0.962. The van der Waals surface area contributed by atoms with E-state index in [0.29, 0.717) is 94.2 Å². The molecule has 0 aromatic carbocycles. The zero-order valence-corrected chi connectivity index (χ0v) is 43.5. The number of aliphatic carboxylic acids is 1. The first-order valence-corrected chi connectivity index (χ1v) is 28.2. The lowest BCUT2D eigenvalue weighted by Gasteiger charge is -2.73. The average molecular weight is 947 g/mol. The molecular weight excluding hydrogens is 857 g/mol. The third-order valence-electron chi connectivity index (χ3n) is 21.9. The number of ether oxygens (including phenoxy) is 5. The van der Waals surface area contributed by atoms with Crippen molar-refractivity contribution < 1.29 is 46.8 Å². The molecule has 12 nitrogen and oxygen atoms in total. The normalized spacial score (nSPS) is 42.6. The van der Waals surface area contributed by atoms with Gasteiger partial charge in [0.2, 0.25) is 0 Å². The van der Waals surface area contributed by atoms with Crippen molar-refractivity contribution in [1.82, 2.24) is 10.2 Å². The van der Waals surface area contributed by atoms with Crippen molar-refractivity contribution in [2.24, 2.45) is 73.9 Å². The van der Waals surface area contributed by atoms with Crippen LogP contribution in [0.25, 0.3) is 0 Å². The van der Waals surface area contributed by atoms with Gasteiger partial charge in [0, 0.05) is 43.7 Å². The van der Waals surface area contributed by atoms with E-state index in [-0.39, 0.29) is 68.8 Å². The lowest BCUT2D eigenvalue weighted by atomic mass is 9.32. The van der Waals surface area contributed by atoms with Crippen LogP contribution in [0.5, 0.6) is 0 Å². The minimum atomic E-state index is -3.03. The van der Waals surface area contributed by atoms with Crippen LogP contribution in [0.2, 0.25) is 0 Å². The maximum absolute atomic E-state index is 13.8. The van der Waals surface area contributed by atoms with Gasteiger partial charge >= 0.3 is 11.9 Å². The van der Waals surface area contributed by atoms with Crippen molar-refractivity contribution in [2.45, 2.75) is 170 Å². The Morgan fingerprint density at radius 3 is 2.02 bits per heavy atom. The summed E-state index contributed by atoms with van der Waals surface area (Å²) in [7, 11) is -1.36. The predicted octanol–water partition coefficient (Wildman–Crippen LogP) is 8.05. The van der Waals surface area contributed by atoms with Gasteiger partial charge in [-0.15, -0.1) is 0 Å². The second-order valence-electron chi connectivity index (χ2n) is 25.4.